The maximum atomic E-state index is 13.4. The molecule has 1 fully saturated rings. The highest BCUT2D eigenvalue weighted by Gasteiger charge is 2.36. The Morgan fingerprint density at radius 1 is 1.14 bits per heavy atom. The molecule has 4 nitrogen and oxygen atoms in total. The van der Waals surface area contributed by atoms with Crippen LogP contribution in [0.3, 0.4) is 0 Å². The van der Waals surface area contributed by atoms with E-state index in [2.05, 4.69) is 5.32 Å². The van der Waals surface area contributed by atoms with Crippen molar-refractivity contribution in [3.05, 3.63) is 41.2 Å². The number of rotatable bonds is 6. The average Bonchev–Trinajstić information content (AvgIpc) is 2.58. The van der Waals surface area contributed by atoms with E-state index in [1.807, 2.05) is 27.7 Å². The second kappa shape index (κ2) is 9.26. The number of amides is 2. The lowest BCUT2D eigenvalue weighted by molar-refractivity contribution is -0.142. The predicted octanol–water partition coefficient (Wildman–Crippen LogP) is 3.90. The summed E-state index contributed by atoms with van der Waals surface area (Å²) < 4.78 is 39.8. The van der Waals surface area contributed by atoms with Gasteiger partial charge in [-0.2, -0.15) is 0 Å². The molecule has 154 valence electrons. The van der Waals surface area contributed by atoms with Crippen LogP contribution in [0.1, 0.15) is 46.1 Å². The van der Waals surface area contributed by atoms with Gasteiger partial charge < -0.3 is 10.2 Å². The molecule has 2 amide bonds. The standard InChI is InChI=1S/C21H27F3N2O2/c1-12(2)7-15-11-26(18(8-13(3)4)21(28)25-15)19(27)6-5-14-9-16(22)20(24)17(23)10-14/h5-6,9-10,12-13,15,18H,7-8,11H2,1-4H3,(H,25,28)/b6-5+/t15-,18-/m0/s1. The number of carbonyl (C=O) groups is 2. The molecule has 1 aliphatic heterocycles. The molecule has 1 aromatic rings. The fourth-order valence-corrected chi connectivity index (χ4v) is 3.41. The number of hydrogen-bond acceptors (Lipinski definition) is 2. The Hall–Kier alpha value is -2.31. The number of benzene rings is 1. The summed E-state index contributed by atoms with van der Waals surface area (Å²) in [5.74, 6) is -4.24. The van der Waals surface area contributed by atoms with Crippen LogP contribution in [0.4, 0.5) is 13.2 Å². The van der Waals surface area contributed by atoms with Crippen molar-refractivity contribution in [2.45, 2.75) is 52.6 Å². The maximum Gasteiger partial charge on any atom is 0.247 e. The van der Waals surface area contributed by atoms with Crippen molar-refractivity contribution in [3.8, 4) is 0 Å². The van der Waals surface area contributed by atoms with E-state index in [1.54, 1.807) is 0 Å². The summed E-state index contributed by atoms with van der Waals surface area (Å²) in [5, 5.41) is 2.99. The zero-order valence-electron chi connectivity index (χ0n) is 16.6. The summed E-state index contributed by atoms with van der Waals surface area (Å²) in [6.07, 6.45) is 3.65. The summed E-state index contributed by atoms with van der Waals surface area (Å²) in [6.45, 7) is 8.38. The molecule has 1 aromatic carbocycles. The Kier molecular flexibility index (Phi) is 7.27. The molecule has 0 saturated carbocycles. The average molecular weight is 396 g/mol. The molecule has 28 heavy (non-hydrogen) atoms. The Morgan fingerprint density at radius 2 is 1.71 bits per heavy atom. The predicted molar refractivity (Wildman–Crippen MR) is 102 cm³/mol. The number of halogens is 3. The molecule has 0 spiro atoms. The van der Waals surface area contributed by atoms with Crippen molar-refractivity contribution < 1.29 is 22.8 Å². The van der Waals surface area contributed by atoms with Gasteiger partial charge in [-0.05, 0) is 48.4 Å². The first-order valence-electron chi connectivity index (χ1n) is 9.52. The maximum absolute atomic E-state index is 13.4. The molecule has 0 aromatic heterocycles. The highest BCUT2D eigenvalue weighted by molar-refractivity contribution is 5.96. The van der Waals surface area contributed by atoms with Gasteiger partial charge in [-0.15, -0.1) is 0 Å². The molecule has 0 radical (unpaired) electrons. The van der Waals surface area contributed by atoms with Gasteiger partial charge in [0.2, 0.25) is 11.8 Å². The van der Waals surface area contributed by atoms with E-state index in [9.17, 15) is 22.8 Å². The van der Waals surface area contributed by atoms with Gasteiger partial charge in [0.1, 0.15) is 6.04 Å². The van der Waals surface area contributed by atoms with Crippen LogP contribution in [0.2, 0.25) is 0 Å². The van der Waals surface area contributed by atoms with Crippen LogP contribution in [0.15, 0.2) is 18.2 Å². The van der Waals surface area contributed by atoms with Gasteiger partial charge in [0.15, 0.2) is 17.5 Å². The monoisotopic (exact) mass is 396 g/mol. The third kappa shape index (κ3) is 5.59. The number of carbonyl (C=O) groups excluding carboxylic acids is 2. The van der Waals surface area contributed by atoms with Gasteiger partial charge in [0, 0.05) is 18.7 Å². The summed E-state index contributed by atoms with van der Waals surface area (Å²) in [6, 6.07) is 0.896. The fourth-order valence-electron chi connectivity index (χ4n) is 3.41. The molecule has 1 saturated heterocycles. The SMILES string of the molecule is CC(C)C[C@H]1CN(C(=O)/C=C/c2cc(F)c(F)c(F)c2)[C@@H](CC(C)C)C(=O)N1. The minimum Gasteiger partial charge on any atom is -0.350 e. The number of nitrogens with zero attached hydrogens (tertiary/aromatic N) is 1. The highest BCUT2D eigenvalue weighted by Crippen LogP contribution is 2.21. The molecule has 0 bridgehead atoms. The lowest BCUT2D eigenvalue weighted by atomic mass is 9.95. The molecule has 0 aliphatic carbocycles. The van der Waals surface area contributed by atoms with Crippen molar-refractivity contribution >= 4 is 17.9 Å². The zero-order valence-corrected chi connectivity index (χ0v) is 16.6. The van der Waals surface area contributed by atoms with Crippen molar-refractivity contribution in [1.82, 2.24) is 10.2 Å². The van der Waals surface area contributed by atoms with Gasteiger partial charge in [-0.3, -0.25) is 9.59 Å². The molecule has 1 N–H and O–H groups in total. The van der Waals surface area contributed by atoms with Crippen LogP contribution in [-0.2, 0) is 9.59 Å². The second-order valence-corrected chi connectivity index (χ2v) is 8.10. The van der Waals surface area contributed by atoms with E-state index >= 15 is 0 Å². The Balaban J connectivity index is 2.23. The molecule has 7 heteroatoms. The van der Waals surface area contributed by atoms with Crippen LogP contribution in [0.25, 0.3) is 6.08 Å². The van der Waals surface area contributed by atoms with Crippen LogP contribution in [0, 0.1) is 29.3 Å². The van der Waals surface area contributed by atoms with Crippen LogP contribution < -0.4 is 5.32 Å². The van der Waals surface area contributed by atoms with Gasteiger partial charge in [0.05, 0.1) is 0 Å². The van der Waals surface area contributed by atoms with Crippen molar-refractivity contribution in [2.24, 2.45) is 11.8 Å². The van der Waals surface area contributed by atoms with E-state index in [-0.39, 0.29) is 23.4 Å². The smallest absolute Gasteiger partial charge is 0.247 e. The normalized spacial score (nSPS) is 20.3. The molecular weight excluding hydrogens is 369 g/mol. The topological polar surface area (TPSA) is 49.4 Å². The van der Waals surface area contributed by atoms with Gasteiger partial charge in [-0.1, -0.05) is 27.7 Å². The number of hydrogen-bond donors (Lipinski definition) is 1. The molecule has 2 atom stereocenters. The van der Waals surface area contributed by atoms with Crippen LogP contribution in [0.5, 0.6) is 0 Å². The van der Waals surface area contributed by atoms with Crippen molar-refractivity contribution in [3.63, 3.8) is 0 Å². The molecule has 1 heterocycles. The number of piperazine rings is 1. The first-order chi connectivity index (χ1) is 13.1. The quantitative estimate of drug-likeness (QED) is 0.586. The molecule has 0 unspecified atom stereocenters. The van der Waals surface area contributed by atoms with E-state index in [1.165, 1.54) is 17.1 Å². The minimum atomic E-state index is -1.55. The number of nitrogens with one attached hydrogen (secondary N) is 1. The third-order valence-corrected chi connectivity index (χ3v) is 4.60. The highest BCUT2D eigenvalue weighted by atomic mass is 19.2. The Morgan fingerprint density at radius 3 is 2.25 bits per heavy atom. The summed E-state index contributed by atoms with van der Waals surface area (Å²) >= 11 is 0. The van der Waals surface area contributed by atoms with Gasteiger partial charge in [0.25, 0.3) is 0 Å². The molecular formula is C21H27F3N2O2. The lowest BCUT2D eigenvalue weighted by Gasteiger charge is -2.40. The lowest BCUT2D eigenvalue weighted by Crippen LogP contribution is -2.61. The van der Waals surface area contributed by atoms with Gasteiger partial charge >= 0.3 is 0 Å². The Labute approximate surface area is 163 Å². The zero-order chi connectivity index (χ0) is 21.0. The largest absolute Gasteiger partial charge is 0.350 e. The first kappa shape index (κ1) is 22.0. The second-order valence-electron chi connectivity index (χ2n) is 8.10. The fraction of sp³-hybridized carbons (Fsp3) is 0.524. The van der Waals surface area contributed by atoms with Crippen molar-refractivity contribution in [1.29, 1.82) is 0 Å². The van der Waals surface area contributed by atoms with Crippen molar-refractivity contribution in [2.75, 3.05) is 6.54 Å². The summed E-state index contributed by atoms with van der Waals surface area (Å²) in [7, 11) is 0. The molecule has 2 rings (SSSR count). The van der Waals surface area contributed by atoms with E-state index in [4.69, 9.17) is 0 Å². The minimum absolute atomic E-state index is 0.0327. The van der Waals surface area contributed by atoms with E-state index < -0.39 is 29.4 Å². The van der Waals surface area contributed by atoms with Crippen LogP contribution >= 0.6 is 0 Å². The van der Waals surface area contributed by atoms with E-state index in [0.29, 0.717) is 18.9 Å². The van der Waals surface area contributed by atoms with E-state index in [0.717, 1.165) is 18.6 Å². The summed E-state index contributed by atoms with van der Waals surface area (Å²) in [5.41, 5.74) is 0.0327. The third-order valence-electron chi connectivity index (χ3n) is 4.60. The van der Waals surface area contributed by atoms with Crippen LogP contribution in [-0.4, -0.2) is 35.3 Å². The Bertz CT molecular complexity index is 739. The first-order valence-corrected chi connectivity index (χ1v) is 9.52. The molecule has 1 aliphatic rings. The summed E-state index contributed by atoms with van der Waals surface area (Å²) in [4.78, 5) is 26.9. The van der Waals surface area contributed by atoms with Gasteiger partial charge in [-0.25, -0.2) is 13.2 Å².